The predicted molar refractivity (Wildman–Crippen MR) is 71.3 cm³/mol. The van der Waals surface area contributed by atoms with Crippen LogP contribution < -0.4 is 5.32 Å². The van der Waals surface area contributed by atoms with E-state index in [0.29, 0.717) is 6.04 Å². The Kier molecular flexibility index (Phi) is 3.07. The lowest BCUT2D eigenvalue weighted by Crippen LogP contribution is -2.33. The van der Waals surface area contributed by atoms with Crippen molar-refractivity contribution in [1.29, 1.82) is 0 Å². The Bertz CT molecular complexity index is 504. The zero-order chi connectivity index (χ0) is 11.7. The van der Waals surface area contributed by atoms with Crippen LogP contribution in [0.4, 0.5) is 0 Å². The van der Waals surface area contributed by atoms with Gasteiger partial charge in [0, 0.05) is 12.5 Å². The molecule has 2 aromatic heterocycles. The molecule has 3 nitrogen and oxygen atoms in total. The first-order chi connectivity index (χ1) is 8.38. The summed E-state index contributed by atoms with van der Waals surface area (Å²) in [5, 5.41) is 5.69. The largest absolute Gasteiger partial charge is 0.314 e. The van der Waals surface area contributed by atoms with Gasteiger partial charge in [0.05, 0.1) is 15.9 Å². The fourth-order valence-corrected chi connectivity index (χ4v) is 3.21. The molecule has 0 saturated heterocycles. The molecule has 1 unspecified atom stereocenters. The van der Waals surface area contributed by atoms with E-state index < -0.39 is 0 Å². The van der Waals surface area contributed by atoms with Gasteiger partial charge in [0.1, 0.15) is 6.33 Å². The van der Waals surface area contributed by atoms with Crippen LogP contribution >= 0.6 is 11.3 Å². The Labute approximate surface area is 105 Å². The van der Waals surface area contributed by atoms with Gasteiger partial charge in [-0.3, -0.25) is 0 Å². The molecule has 4 heteroatoms. The van der Waals surface area contributed by atoms with Gasteiger partial charge in [0.25, 0.3) is 0 Å². The minimum absolute atomic E-state index is 0.597. The molecular weight excluding hydrogens is 230 g/mol. The molecule has 1 N–H and O–H groups in total. The van der Waals surface area contributed by atoms with E-state index in [2.05, 4.69) is 33.7 Å². The third-order valence-electron chi connectivity index (χ3n) is 3.39. The van der Waals surface area contributed by atoms with Crippen LogP contribution in [0.3, 0.4) is 0 Å². The van der Waals surface area contributed by atoms with Crippen molar-refractivity contribution in [2.75, 3.05) is 6.54 Å². The Morgan fingerprint density at radius 3 is 3.12 bits per heavy atom. The standard InChI is InChI=1S/C13H17N3S/c1-2-14-11(9-3-4-9)7-12-13-10(5-6-17-13)15-8-16-12/h5-6,8-9,11,14H,2-4,7H2,1H3. The van der Waals surface area contributed by atoms with Crippen LogP contribution in [0.1, 0.15) is 25.5 Å². The van der Waals surface area contributed by atoms with Gasteiger partial charge < -0.3 is 5.32 Å². The number of hydrogen-bond donors (Lipinski definition) is 1. The van der Waals surface area contributed by atoms with Gasteiger partial charge in [-0.05, 0) is 36.8 Å². The maximum atomic E-state index is 4.47. The summed E-state index contributed by atoms with van der Waals surface area (Å²) in [5.74, 6) is 0.861. The summed E-state index contributed by atoms with van der Waals surface area (Å²) in [6.45, 7) is 3.22. The quantitative estimate of drug-likeness (QED) is 0.882. The lowest BCUT2D eigenvalue weighted by Gasteiger charge is -2.16. The molecular formula is C13H17N3S. The van der Waals surface area contributed by atoms with Crippen molar-refractivity contribution in [3.8, 4) is 0 Å². The highest BCUT2D eigenvalue weighted by Crippen LogP contribution is 2.34. The molecule has 0 aromatic carbocycles. The van der Waals surface area contributed by atoms with E-state index >= 15 is 0 Å². The lowest BCUT2D eigenvalue weighted by molar-refractivity contribution is 0.470. The summed E-state index contributed by atoms with van der Waals surface area (Å²) >= 11 is 1.75. The first-order valence-electron chi connectivity index (χ1n) is 6.29. The summed E-state index contributed by atoms with van der Waals surface area (Å²) in [6, 6.07) is 2.67. The van der Waals surface area contributed by atoms with Gasteiger partial charge in [-0.15, -0.1) is 11.3 Å². The van der Waals surface area contributed by atoms with Crippen molar-refractivity contribution in [3.63, 3.8) is 0 Å². The average Bonchev–Trinajstić information content (AvgIpc) is 3.07. The highest BCUT2D eigenvalue weighted by Gasteiger charge is 2.31. The fourth-order valence-electron chi connectivity index (χ4n) is 2.36. The number of nitrogens with zero attached hydrogens (tertiary/aromatic N) is 2. The van der Waals surface area contributed by atoms with Crippen LogP contribution in [0.5, 0.6) is 0 Å². The van der Waals surface area contributed by atoms with E-state index in [4.69, 9.17) is 0 Å². The topological polar surface area (TPSA) is 37.8 Å². The molecule has 0 bridgehead atoms. The lowest BCUT2D eigenvalue weighted by atomic mass is 10.1. The highest BCUT2D eigenvalue weighted by molar-refractivity contribution is 7.17. The van der Waals surface area contributed by atoms with E-state index in [1.165, 1.54) is 23.2 Å². The Balaban J connectivity index is 1.85. The summed E-state index contributed by atoms with van der Waals surface area (Å²) in [4.78, 5) is 8.77. The first kappa shape index (κ1) is 11.1. The van der Waals surface area contributed by atoms with E-state index in [-0.39, 0.29) is 0 Å². The number of fused-ring (bicyclic) bond motifs is 1. The van der Waals surface area contributed by atoms with Crippen molar-refractivity contribution >= 4 is 21.6 Å². The Morgan fingerprint density at radius 1 is 1.47 bits per heavy atom. The third-order valence-corrected chi connectivity index (χ3v) is 4.34. The first-order valence-corrected chi connectivity index (χ1v) is 7.17. The third kappa shape index (κ3) is 2.33. The summed E-state index contributed by atoms with van der Waals surface area (Å²) in [7, 11) is 0. The van der Waals surface area contributed by atoms with Crippen molar-refractivity contribution in [2.24, 2.45) is 5.92 Å². The second-order valence-corrected chi connectivity index (χ2v) is 5.58. The Hall–Kier alpha value is -1.000. The number of aromatic nitrogens is 2. The van der Waals surface area contributed by atoms with Gasteiger partial charge in [-0.25, -0.2) is 9.97 Å². The van der Waals surface area contributed by atoms with Crippen LogP contribution in [-0.2, 0) is 6.42 Å². The van der Waals surface area contributed by atoms with Crippen LogP contribution in [0.25, 0.3) is 10.2 Å². The number of nitrogens with one attached hydrogen (secondary N) is 1. The van der Waals surface area contributed by atoms with Gasteiger partial charge in [0.15, 0.2) is 0 Å². The number of thiophene rings is 1. The SMILES string of the molecule is CCNC(Cc1ncnc2ccsc12)C1CC1. The molecule has 1 saturated carbocycles. The van der Waals surface area contributed by atoms with Crippen LogP contribution in [0.2, 0.25) is 0 Å². The smallest absolute Gasteiger partial charge is 0.116 e. The molecule has 17 heavy (non-hydrogen) atoms. The molecule has 0 radical (unpaired) electrons. The van der Waals surface area contributed by atoms with Crippen molar-refractivity contribution in [1.82, 2.24) is 15.3 Å². The highest BCUT2D eigenvalue weighted by atomic mass is 32.1. The van der Waals surface area contributed by atoms with E-state index in [1.54, 1.807) is 17.7 Å². The monoisotopic (exact) mass is 247 g/mol. The second-order valence-electron chi connectivity index (χ2n) is 4.66. The average molecular weight is 247 g/mol. The van der Waals surface area contributed by atoms with Gasteiger partial charge in [-0.1, -0.05) is 6.92 Å². The molecule has 1 atom stereocenters. The number of rotatable bonds is 5. The molecule has 2 aromatic rings. The van der Waals surface area contributed by atoms with Gasteiger partial charge in [0.2, 0.25) is 0 Å². The fraction of sp³-hybridized carbons (Fsp3) is 0.538. The van der Waals surface area contributed by atoms with Gasteiger partial charge in [-0.2, -0.15) is 0 Å². The zero-order valence-corrected chi connectivity index (χ0v) is 10.8. The number of hydrogen-bond acceptors (Lipinski definition) is 4. The Morgan fingerprint density at radius 2 is 2.35 bits per heavy atom. The molecule has 3 rings (SSSR count). The molecule has 0 amide bonds. The van der Waals surface area contributed by atoms with Crippen molar-refractivity contribution < 1.29 is 0 Å². The van der Waals surface area contributed by atoms with Crippen LogP contribution in [-0.4, -0.2) is 22.6 Å². The number of likely N-dealkylation sites (N-methyl/N-ethyl adjacent to an activating group) is 1. The predicted octanol–water partition coefficient (Wildman–Crippen LogP) is 2.62. The molecule has 1 fully saturated rings. The minimum Gasteiger partial charge on any atom is -0.314 e. The van der Waals surface area contributed by atoms with Crippen LogP contribution in [0, 0.1) is 5.92 Å². The molecule has 1 aliphatic rings. The maximum absolute atomic E-state index is 4.47. The zero-order valence-electron chi connectivity index (χ0n) is 10.0. The molecule has 1 aliphatic carbocycles. The summed E-state index contributed by atoms with van der Waals surface area (Å²) in [5.41, 5.74) is 2.30. The summed E-state index contributed by atoms with van der Waals surface area (Å²) < 4.78 is 1.26. The second kappa shape index (κ2) is 4.70. The van der Waals surface area contributed by atoms with Crippen molar-refractivity contribution in [3.05, 3.63) is 23.5 Å². The molecule has 90 valence electrons. The van der Waals surface area contributed by atoms with Crippen molar-refractivity contribution in [2.45, 2.75) is 32.2 Å². The van der Waals surface area contributed by atoms with E-state index in [1.807, 2.05) is 0 Å². The maximum Gasteiger partial charge on any atom is 0.116 e. The molecule has 2 heterocycles. The van der Waals surface area contributed by atoms with E-state index in [9.17, 15) is 0 Å². The normalized spacial score (nSPS) is 17.5. The van der Waals surface area contributed by atoms with Crippen LogP contribution in [0.15, 0.2) is 17.8 Å². The molecule has 0 spiro atoms. The van der Waals surface area contributed by atoms with E-state index in [0.717, 1.165) is 24.4 Å². The minimum atomic E-state index is 0.597. The molecule has 0 aliphatic heterocycles. The van der Waals surface area contributed by atoms with Gasteiger partial charge >= 0.3 is 0 Å². The summed E-state index contributed by atoms with van der Waals surface area (Å²) in [6.07, 6.45) is 5.48.